The average Bonchev–Trinajstić information content (AvgIpc) is 3.21. The summed E-state index contributed by atoms with van der Waals surface area (Å²) in [5.74, 6) is 0.777. The molecule has 0 unspecified atom stereocenters. The molecule has 0 radical (unpaired) electrons. The van der Waals surface area contributed by atoms with Crippen molar-refractivity contribution in [2.45, 2.75) is 43.7 Å². The van der Waals surface area contributed by atoms with E-state index in [1.54, 1.807) is 24.0 Å². The molecule has 0 spiro atoms. The molecule has 6 nitrogen and oxygen atoms in total. The van der Waals surface area contributed by atoms with E-state index in [1.807, 2.05) is 16.8 Å². The number of pyridine rings is 1. The maximum absolute atomic E-state index is 13.9. The van der Waals surface area contributed by atoms with Crippen molar-refractivity contribution in [3.05, 3.63) is 48.2 Å². The molecule has 1 aromatic carbocycles. The van der Waals surface area contributed by atoms with Gasteiger partial charge in [0.1, 0.15) is 11.3 Å². The van der Waals surface area contributed by atoms with Gasteiger partial charge < -0.3 is 4.74 Å². The fourth-order valence-corrected chi connectivity index (χ4v) is 4.71. The van der Waals surface area contributed by atoms with Crippen molar-refractivity contribution in [2.24, 2.45) is 0 Å². The van der Waals surface area contributed by atoms with Gasteiger partial charge in [-0.05, 0) is 30.7 Å². The molecule has 2 aromatic heterocycles. The highest BCUT2D eigenvalue weighted by molar-refractivity contribution is 7.99. The van der Waals surface area contributed by atoms with Crippen LogP contribution in [0.2, 0.25) is 0 Å². The Morgan fingerprint density at radius 3 is 2.83 bits per heavy atom. The monoisotopic (exact) mass is 429 g/mol. The van der Waals surface area contributed by atoms with Crippen molar-refractivity contribution in [3.8, 4) is 0 Å². The molecule has 0 amide bonds. The third-order valence-electron chi connectivity index (χ3n) is 5.30. The molecule has 1 saturated heterocycles. The Hall–Kier alpha value is -2.03. The minimum absolute atomic E-state index is 0.254. The number of ether oxygens (including phenoxy) is 1. The maximum Gasteiger partial charge on any atom is 0.149 e. The summed E-state index contributed by atoms with van der Waals surface area (Å²) in [6.07, 6.45) is 8.36. The van der Waals surface area contributed by atoms with E-state index in [9.17, 15) is 4.39 Å². The Bertz CT molecular complexity index is 944. The van der Waals surface area contributed by atoms with Gasteiger partial charge in [-0.15, -0.1) is 16.9 Å². The highest BCUT2D eigenvalue weighted by Gasteiger charge is 2.12. The summed E-state index contributed by atoms with van der Waals surface area (Å²) in [6, 6.07) is 7.13. The first-order valence-corrected chi connectivity index (χ1v) is 11.6. The smallest absolute Gasteiger partial charge is 0.149 e. The van der Waals surface area contributed by atoms with Crippen molar-refractivity contribution in [1.29, 1.82) is 0 Å². The van der Waals surface area contributed by atoms with Crippen molar-refractivity contribution in [3.63, 3.8) is 0 Å². The van der Waals surface area contributed by atoms with Crippen LogP contribution in [0.4, 0.5) is 4.39 Å². The molecule has 3 heterocycles. The average molecular weight is 430 g/mol. The standard InChI is InChI=1S/C22H28FN5OS/c23-20-7-5-6-19-21(8-9-24-22(19)20)30-15-4-2-1-3-10-28-17-18(25-26-28)16-27-11-13-29-14-12-27/h5-9,17H,1-4,10-16H2. The molecule has 0 N–H and O–H groups in total. The quantitative estimate of drug-likeness (QED) is 0.356. The number of halogens is 1. The van der Waals surface area contributed by atoms with Crippen LogP contribution in [0.25, 0.3) is 10.9 Å². The van der Waals surface area contributed by atoms with E-state index in [-0.39, 0.29) is 5.82 Å². The van der Waals surface area contributed by atoms with Crippen LogP contribution >= 0.6 is 11.8 Å². The number of hydrogen-bond acceptors (Lipinski definition) is 6. The first kappa shape index (κ1) is 21.2. The van der Waals surface area contributed by atoms with Crippen molar-refractivity contribution >= 4 is 22.7 Å². The molecule has 30 heavy (non-hydrogen) atoms. The minimum atomic E-state index is -0.254. The first-order valence-electron chi connectivity index (χ1n) is 10.6. The zero-order chi connectivity index (χ0) is 20.6. The van der Waals surface area contributed by atoms with Gasteiger partial charge in [-0.2, -0.15) is 0 Å². The van der Waals surface area contributed by atoms with Gasteiger partial charge >= 0.3 is 0 Å². The fraction of sp³-hybridized carbons (Fsp3) is 0.500. The predicted octanol–water partition coefficient (Wildman–Crippen LogP) is 4.15. The molecule has 0 saturated carbocycles. The Labute approximate surface area is 180 Å². The third kappa shape index (κ3) is 5.77. The number of morpholine rings is 1. The van der Waals surface area contributed by atoms with Gasteiger partial charge in [-0.25, -0.2) is 4.39 Å². The summed E-state index contributed by atoms with van der Waals surface area (Å²) in [6.45, 7) is 5.32. The maximum atomic E-state index is 13.9. The molecule has 8 heteroatoms. The summed E-state index contributed by atoms with van der Waals surface area (Å²) >= 11 is 1.79. The van der Waals surface area contributed by atoms with E-state index >= 15 is 0 Å². The number of para-hydroxylation sites is 1. The second kappa shape index (κ2) is 10.8. The summed E-state index contributed by atoms with van der Waals surface area (Å²) < 4.78 is 21.2. The largest absolute Gasteiger partial charge is 0.379 e. The number of rotatable bonds is 10. The van der Waals surface area contributed by atoms with Crippen molar-refractivity contribution in [1.82, 2.24) is 24.9 Å². The fourth-order valence-electron chi connectivity index (χ4n) is 3.66. The highest BCUT2D eigenvalue weighted by atomic mass is 32.2. The van der Waals surface area contributed by atoms with E-state index in [4.69, 9.17) is 4.74 Å². The van der Waals surface area contributed by atoms with E-state index in [0.29, 0.717) is 5.52 Å². The summed E-state index contributed by atoms with van der Waals surface area (Å²) in [5.41, 5.74) is 1.50. The van der Waals surface area contributed by atoms with Gasteiger partial charge in [0.2, 0.25) is 0 Å². The van der Waals surface area contributed by atoms with Crippen LogP contribution in [0.15, 0.2) is 41.6 Å². The second-order valence-corrected chi connectivity index (χ2v) is 8.71. The van der Waals surface area contributed by atoms with Crippen LogP contribution in [-0.2, 0) is 17.8 Å². The van der Waals surface area contributed by atoms with Gasteiger partial charge in [0, 0.05) is 48.9 Å². The van der Waals surface area contributed by atoms with Gasteiger partial charge in [-0.1, -0.05) is 30.2 Å². The number of benzene rings is 1. The van der Waals surface area contributed by atoms with Crippen molar-refractivity contribution in [2.75, 3.05) is 32.1 Å². The zero-order valence-corrected chi connectivity index (χ0v) is 18.0. The lowest BCUT2D eigenvalue weighted by molar-refractivity contribution is 0.0336. The Morgan fingerprint density at radius 1 is 1.07 bits per heavy atom. The van der Waals surface area contributed by atoms with Gasteiger partial charge in [0.25, 0.3) is 0 Å². The predicted molar refractivity (Wildman–Crippen MR) is 117 cm³/mol. The lowest BCUT2D eigenvalue weighted by Crippen LogP contribution is -2.35. The highest BCUT2D eigenvalue weighted by Crippen LogP contribution is 2.28. The van der Waals surface area contributed by atoms with Crippen LogP contribution in [0.3, 0.4) is 0 Å². The Morgan fingerprint density at radius 2 is 1.93 bits per heavy atom. The molecule has 0 bridgehead atoms. The topological polar surface area (TPSA) is 56.1 Å². The number of aryl methyl sites for hydroxylation is 1. The van der Waals surface area contributed by atoms with E-state index < -0.39 is 0 Å². The lowest BCUT2D eigenvalue weighted by Gasteiger charge is -2.25. The zero-order valence-electron chi connectivity index (χ0n) is 17.2. The molecule has 4 rings (SSSR count). The van der Waals surface area contributed by atoms with Crippen LogP contribution in [0, 0.1) is 5.82 Å². The third-order valence-corrected chi connectivity index (χ3v) is 6.46. The van der Waals surface area contributed by atoms with Gasteiger partial charge in [-0.3, -0.25) is 14.6 Å². The van der Waals surface area contributed by atoms with E-state index in [2.05, 4.69) is 26.4 Å². The summed E-state index contributed by atoms with van der Waals surface area (Å²) in [4.78, 5) is 7.63. The van der Waals surface area contributed by atoms with Gasteiger partial charge in [0.15, 0.2) is 0 Å². The molecule has 160 valence electrons. The second-order valence-electron chi connectivity index (χ2n) is 7.57. The van der Waals surface area contributed by atoms with E-state index in [0.717, 1.165) is 74.0 Å². The number of unbranched alkanes of at least 4 members (excludes halogenated alkanes) is 3. The Balaban J connectivity index is 1.13. The molecule has 1 fully saturated rings. The summed E-state index contributed by atoms with van der Waals surface area (Å²) in [5, 5.41) is 9.46. The molecule has 0 aliphatic carbocycles. The Kier molecular flexibility index (Phi) is 7.66. The van der Waals surface area contributed by atoms with Crippen LogP contribution in [0.5, 0.6) is 0 Å². The number of nitrogens with zero attached hydrogens (tertiary/aromatic N) is 5. The van der Waals surface area contributed by atoms with Crippen LogP contribution < -0.4 is 0 Å². The molecule has 0 atom stereocenters. The van der Waals surface area contributed by atoms with E-state index in [1.165, 1.54) is 18.9 Å². The molecular weight excluding hydrogens is 401 g/mol. The number of fused-ring (bicyclic) bond motifs is 1. The number of aromatic nitrogens is 4. The molecule has 1 aliphatic rings. The normalized spacial score (nSPS) is 15.1. The van der Waals surface area contributed by atoms with Gasteiger partial charge in [0.05, 0.1) is 18.9 Å². The van der Waals surface area contributed by atoms with Crippen LogP contribution in [0.1, 0.15) is 31.4 Å². The van der Waals surface area contributed by atoms with Crippen LogP contribution in [-0.4, -0.2) is 56.9 Å². The lowest BCUT2D eigenvalue weighted by atomic mass is 10.2. The number of hydrogen-bond donors (Lipinski definition) is 0. The molecule has 1 aliphatic heterocycles. The minimum Gasteiger partial charge on any atom is -0.379 e. The molecule has 3 aromatic rings. The summed E-state index contributed by atoms with van der Waals surface area (Å²) in [7, 11) is 0. The number of thioether (sulfide) groups is 1. The molecular formula is C22H28FN5OS. The van der Waals surface area contributed by atoms with Crippen molar-refractivity contribution < 1.29 is 9.13 Å². The first-order chi connectivity index (χ1) is 14.8. The SMILES string of the molecule is Fc1cccc2c(SCCCCCCn3cc(CN4CCOCC4)nn3)ccnc12.